The SMILES string of the molecule is COc1cc(C)c2[nH]ccc2c1CN1CC2(CCOCC2)CC1c1ccc(C(=O)O)cc1. The summed E-state index contributed by atoms with van der Waals surface area (Å²) in [5, 5.41) is 10.5. The third-order valence-electron chi connectivity index (χ3n) is 7.39. The van der Waals surface area contributed by atoms with E-state index < -0.39 is 5.97 Å². The predicted molar refractivity (Wildman–Crippen MR) is 123 cm³/mol. The van der Waals surface area contributed by atoms with Gasteiger partial charge in [-0.1, -0.05) is 12.1 Å². The third-order valence-corrected chi connectivity index (χ3v) is 7.39. The molecule has 1 atom stereocenters. The van der Waals surface area contributed by atoms with E-state index in [1.165, 1.54) is 22.1 Å². The van der Waals surface area contributed by atoms with Crippen molar-refractivity contribution >= 4 is 16.9 Å². The lowest BCUT2D eigenvalue weighted by molar-refractivity contribution is 0.0189. The Morgan fingerprint density at radius 2 is 2.00 bits per heavy atom. The second-order valence-corrected chi connectivity index (χ2v) is 9.31. The number of nitrogens with zero attached hydrogens (tertiary/aromatic N) is 1. The molecule has 2 N–H and O–H groups in total. The number of hydrogen-bond donors (Lipinski definition) is 2. The lowest BCUT2D eigenvalue weighted by atomic mass is 9.77. The first kappa shape index (κ1) is 21.0. The fourth-order valence-electron chi connectivity index (χ4n) is 5.64. The van der Waals surface area contributed by atoms with Gasteiger partial charge in [0, 0.05) is 55.0 Å². The van der Waals surface area contributed by atoms with E-state index in [-0.39, 0.29) is 11.5 Å². The Morgan fingerprint density at radius 3 is 2.69 bits per heavy atom. The van der Waals surface area contributed by atoms with E-state index in [9.17, 15) is 9.90 Å². The predicted octanol–water partition coefficient (Wildman–Crippen LogP) is 4.93. The van der Waals surface area contributed by atoms with Gasteiger partial charge in [-0.15, -0.1) is 0 Å². The molecular weight excluding hydrogens is 404 g/mol. The number of carboxylic acid groups (broad SMARTS) is 1. The Balaban J connectivity index is 1.53. The molecule has 2 aliphatic rings. The number of likely N-dealkylation sites (tertiary alicyclic amines) is 1. The molecule has 1 spiro atoms. The standard InChI is InChI=1S/C26H30N2O4/c1-17-13-23(31-2)21(20-7-10-27-24(17)20)15-28-16-26(8-11-32-12-9-26)14-22(28)18-3-5-19(6-4-18)25(29)30/h3-7,10,13,22,27H,8-9,11-12,14-16H2,1-2H3,(H,29,30). The van der Waals surface area contributed by atoms with Crippen molar-refractivity contribution in [3.63, 3.8) is 0 Å². The Morgan fingerprint density at radius 1 is 1.25 bits per heavy atom. The summed E-state index contributed by atoms with van der Waals surface area (Å²) in [7, 11) is 1.74. The number of carboxylic acids is 1. The van der Waals surface area contributed by atoms with E-state index in [4.69, 9.17) is 9.47 Å². The second-order valence-electron chi connectivity index (χ2n) is 9.31. The maximum absolute atomic E-state index is 11.3. The van der Waals surface area contributed by atoms with Crippen LogP contribution in [0.2, 0.25) is 0 Å². The normalized spacial score (nSPS) is 20.8. The molecule has 168 valence electrons. The molecule has 1 aromatic heterocycles. The quantitative estimate of drug-likeness (QED) is 0.596. The highest BCUT2D eigenvalue weighted by molar-refractivity contribution is 5.88. The molecule has 3 aromatic rings. The average Bonchev–Trinajstić information content (AvgIpc) is 3.42. The maximum Gasteiger partial charge on any atom is 0.335 e. The Kier molecular flexibility index (Phi) is 5.43. The number of hydrogen-bond acceptors (Lipinski definition) is 4. The van der Waals surface area contributed by atoms with Crippen LogP contribution in [0.4, 0.5) is 0 Å². The first-order valence-electron chi connectivity index (χ1n) is 11.3. The summed E-state index contributed by atoms with van der Waals surface area (Å²) in [6.45, 7) is 5.52. The number of nitrogens with one attached hydrogen (secondary N) is 1. The number of aromatic nitrogens is 1. The van der Waals surface area contributed by atoms with Gasteiger partial charge in [0.25, 0.3) is 0 Å². The number of benzene rings is 2. The number of carbonyl (C=O) groups is 1. The fourth-order valence-corrected chi connectivity index (χ4v) is 5.64. The summed E-state index contributed by atoms with van der Waals surface area (Å²) in [4.78, 5) is 17.3. The summed E-state index contributed by atoms with van der Waals surface area (Å²) in [5.74, 6) is 0.0301. The van der Waals surface area contributed by atoms with E-state index in [1.807, 2.05) is 18.3 Å². The van der Waals surface area contributed by atoms with Crippen molar-refractivity contribution in [2.24, 2.45) is 5.41 Å². The van der Waals surface area contributed by atoms with Gasteiger partial charge in [-0.3, -0.25) is 4.90 Å². The van der Waals surface area contributed by atoms with E-state index >= 15 is 0 Å². The van der Waals surface area contributed by atoms with Crippen LogP contribution in [0.3, 0.4) is 0 Å². The van der Waals surface area contributed by atoms with Crippen LogP contribution in [-0.2, 0) is 11.3 Å². The van der Waals surface area contributed by atoms with Crippen LogP contribution in [0.25, 0.3) is 10.9 Å². The second kappa shape index (κ2) is 8.26. The smallest absolute Gasteiger partial charge is 0.335 e. The van der Waals surface area contributed by atoms with E-state index in [0.717, 1.165) is 56.8 Å². The number of aryl methyl sites for hydroxylation is 1. The molecular formula is C26H30N2O4. The van der Waals surface area contributed by atoms with Gasteiger partial charge >= 0.3 is 5.97 Å². The largest absolute Gasteiger partial charge is 0.496 e. The first-order valence-corrected chi connectivity index (χ1v) is 11.3. The number of aromatic amines is 1. The minimum Gasteiger partial charge on any atom is -0.496 e. The third kappa shape index (κ3) is 3.67. The molecule has 2 aliphatic heterocycles. The minimum absolute atomic E-state index is 0.232. The first-order chi connectivity index (χ1) is 15.5. The number of aromatic carboxylic acids is 1. The molecule has 0 aliphatic carbocycles. The average molecular weight is 435 g/mol. The van der Waals surface area contributed by atoms with Gasteiger partial charge in [0.15, 0.2) is 0 Å². The van der Waals surface area contributed by atoms with Crippen LogP contribution in [-0.4, -0.2) is 47.8 Å². The van der Waals surface area contributed by atoms with Crippen molar-refractivity contribution < 1.29 is 19.4 Å². The Bertz CT molecular complexity index is 1130. The molecule has 0 radical (unpaired) electrons. The van der Waals surface area contributed by atoms with Crippen molar-refractivity contribution in [2.75, 3.05) is 26.9 Å². The molecule has 3 heterocycles. The summed E-state index contributed by atoms with van der Waals surface area (Å²) in [6, 6.07) is 11.9. The van der Waals surface area contributed by atoms with Crippen LogP contribution in [0.1, 0.15) is 52.4 Å². The van der Waals surface area contributed by atoms with E-state index in [2.05, 4.69) is 28.9 Å². The molecule has 5 rings (SSSR count). The highest BCUT2D eigenvalue weighted by Gasteiger charge is 2.45. The van der Waals surface area contributed by atoms with Crippen molar-refractivity contribution in [1.82, 2.24) is 9.88 Å². The van der Waals surface area contributed by atoms with Gasteiger partial charge < -0.3 is 19.6 Å². The van der Waals surface area contributed by atoms with Crippen LogP contribution in [0, 0.1) is 12.3 Å². The zero-order valence-corrected chi connectivity index (χ0v) is 18.7. The minimum atomic E-state index is -0.889. The number of fused-ring (bicyclic) bond motifs is 1. The van der Waals surface area contributed by atoms with Gasteiger partial charge in [0.05, 0.1) is 12.7 Å². The number of H-pyrrole nitrogens is 1. The molecule has 0 saturated carbocycles. The number of methoxy groups -OCH3 is 1. The molecule has 2 saturated heterocycles. The van der Waals surface area contributed by atoms with Crippen molar-refractivity contribution in [2.45, 2.75) is 38.8 Å². The lowest BCUT2D eigenvalue weighted by Crippen LogP contribution is -2.33. The summed E-state index contributed by atoms with van der Waals surface area (Å²) >= 11 is 0. The Hall–Kier alpha value is -2.83. The molecule has 0 amide bonds. The molecule has 2 aromatic carbocycles. The molecule has 1 unspecified atom stereocenters. The maximum atomic E-state index is 11.3. The van der Waals surface area contributed by atoms with E-state index in [0.29, 0.717) is 5.56 Å². The van der Waals surface area contributed by atoms with Crippen molar-refractivity contribution in [1.29, 1.82) is 0 Å². The highest BCUT2D eigenvalue weighted by Crippen LogP contribution is 2.50. The molecule has 2 fully saturated rings. The monoisotopic (exact) mass is 434 g/mol. The van der Waals surface area contributed by atoms with Crippen LogP contribution in [0.5, 0.6) is 5.75 Å². The number of ether oxygens (including phenoxy) is 2. The zero-order chi connectivity index (χ0) is 22.3. The zero-order valence-electron chi connectivity index (χ0n) is 18.7. The highest BCUT2D eigenvalue weighted by atomic mass is 16.5. The Labute approximate surface area is 188 Å². The van der Waals surface area contributed by atoms with Gasteiger partial charge in [-0.2, -0.15) is 0 Å². The van der Waals surface area contributed by atoms with Crippen molar-refractivity contribution in [3.05, 3.63) is 64.8 Å². The van der Waals surface area contributed by atoms with E-state index in [1.54, 1.807) is 19.2 Å². The summed E-state index contributed by atoms with van der Waals surface area (Å²) in [6.07, 6.45) is 5.19. The topological polar surface area (TPSA) is 74.8 Å². The van der Waals surface area contributed by atoms with Crippen molar-refractivity contribution in [3.8, 4) is 5.75 Å². The van der Waals surface area contributed by atoms with Gasteiger partial charge in [-0.05, 0) is 67.0 Å². The summed E-state index contributed by atoms with van der Waals surface area (Å²) in [5.41, 5.74) is 5.27. The lowest BCUT2D eigenvalue weighted by Gasteiger charge is -2.33. The van der Waals surface area contributed by atoms with Gasteiger partial charge in [0.2, 0.25) is 0 Å². The van der Waals surface area contributed by atoms with Gasteiger partial charge in [0.1, 0.15) is 5.75 Å². The van der Waals surface area contributed by atoms with Crippen LogP contribution >= 0.6 is 0 Å². The molecule has 6 heteroatoms. The van der Waals surface area contributed by atoms with Gasteiger partial charge in [-0.25, -0.2) is 4.79 Å². The fraction of sp³-hybridized carbons (Fsp3) is 0.423. The summed E-state index contributed by atoms with van der Waals surface area (Å²) < 4.78 is 11.5. The van der Waals surface area contributed by atoms with Crippen LogP contribution in [0.15, 0.2) is 42.6 Å². The molecule has 32 heavy (non-hydrogen) atoms. The number of rotatable bonds is 5. The van der Waals surface area contributed by atoms with Crippen LogP contribution < -0.4 is 4.74 Å². The molecule has 0 bridgehead atoms. The molecule has 6 nitrogen and oxygen atoms in total.